The first-order chi connectivity index (χ1) is 10.3. The van der Waals surface area contributed by atoms with Crippen molar-refractivity contribution in [3.63, 3.8) is 0 Å². The fraction of sp³-hybridized carbons (Fsp3) is 0.250. The lowest BCUT2D eigenvalue weighted by Gasteiger charge is -2.09. The Bertz CT molecular complexity index is 872. The summed E-state index contributed by atoms with van der Waals surface area (Å²) in [5.41, 5.74) is 0.932. The maximum atomic E-state index is 12.3. The van der Waals surface area contributed by atoms with Crippen LogP contribution < -0.4 is 5.63 Å². The van der Waals surface area contributed by atoms with Gasteiger partial charge >= 0.3 is 5.63 Å². The largest absolute Gasteiger partial charge is 0.404 e. The minimum absolute atomic E-state index is 0.245. The monoisotopic (exact) mass is 315 g/mol. The highest BCUT2D eigenvalue weighted by molar-refractivity contribution is 7.18. The summed E-state index contributed by atoms with van der Waals surface area (Å²) >= 11 is 3.29. The summed E-state index contributed by atoms with van der Waals surface area (Å²) in [4.78, 5) is 20.0. The smallest absolute Gasteiger partial charge is 0.348 e. The molecule has 5 heteroatoms. The average molecular weight is 315 g/mol. The number of fused-ring (bicyclic) bond motifs is 3. The second kappa shape index (κ2) is 5.24. The molecule has 3 nitrogen and oxygen atoms in total. The van der Waals surface area contributed by atoms with Gasteiger partial charge in [-0.1, -0.05) is 6.07 Å². The normalized spacial score (nSPS) is 14.9. The predicted octanol–water partition coefficient (Wildman–Crippen LogP) is 4.36. The molecular formula is C16H13NO2S2. The Morgan fingerprint density at radius 3 is 3.00 bits per heavy atom. The summed E-state index contributed by atoms with van der Waals surface area (Å²) in [5, 5.41) is 2.72. The number of hydrogen-bond donors (Lipinski definition) is 0. The topological polar surface area (TPSA) is 43.1 Å². The van der Waals surface area contributed by atoms with E-state index in [1.807, 2.05) is 23.6 Å². The van der Waals surface area contributed by atoms with Crippen molar-refractivity contribution in [1.29, 1.82) is 0 Å². The van der Waals surface area contributed by atoms with Gasteiger partial charge in [0.25, 0.3) is 0 Å². The standard InChI is InChI=1S/C16H13NO2S2/c18-16-14-11-5-1-2-6-12(11)21-15(14)17-13(19-16)8-7-10-4-3-9-20-10/h3-4,7-9H,1-2,5-6H2/b8-7-. The van der Waals surface area contributed by atoms with Gasteiger partial charge in [-0.25, -0.2) is 9.78 Å². The molecule has 21 heavy (non-hydrogen) atoms. The zero-order valence-corrected chi connectivity index (χ0v) is 12.9. The van der Waals surface area contributed by atoms with Gasteiger partial charge in [0.2, 0.25) is 5.89 Å². The van der Waals surface area contributed by atoms with Gasteiger partial charge in [-0.3, -0.25) is 0 Å². The first-order valence-electron chi connectivity index (χ1n) is 6.98. The molecule has 0 atom stereocenters. The van der Waals surface area contributed by atoms with Crippen LogP contribution in [-0.4, -0.2) is 4.98 Å². The molecule has 4 rings (SSSR count). The quantitative estimate of drug-likeness (QED) is 0.705. The Morgan fingerprint density at radius 2 is 2.14 bits per heavy atom. The van der Waals surface area contributed by atoms with Crippen molar-refractivity contribution in [2.45, 2.75) is 25.7 Å². The first kappa shape index (κ1) is 13.0. The van der Waals surface area contributed by atoms with E-state index in [-0.39, 0.29) is 5.63 Å². The van der Waals surface area contributed by atoms with Gasteiger partial charge in [-0.05, 0) is 48.8 Å². The molecule has 0 saturated heterocycles. The molecule has 1 aliphatic rings. The second-order valence-corrected chi connectivity index (χ2v) is 7.14. The van der Waals surface area contributed by atoms with Crippen molar-refractivity contribution >= 4 is 45.0 Å². The molecule has 0 aliphatic heterocycles. The number of aryl methyl sites for hydroxylation is 2. The molecule has 3 heterocycles. The van der Waals surface area contributed by atoms with E-state index in [2.05, 4.69) is 4.98 Å². The van der Waals surface area contributed by atoms with Gasteiger partial charge in [0, 0.05) is 15.8 Å². The summed E-state index contributed by atoms with van der Waals surface area (Å²) in [7, 11) is 0. The molecule has 0 unspecified atom stereocenters. The number of thiophene rings is 2. The van der Waals surface area contributed by atoms with Crippen LogP contribution in [0.1, 0.15) is 34.1 Å². The van der Waals surface area contributed by atoms with Crippen LogP contribution in [0.3, 0.4) is 0 Å². The van der Waals surface area contributed by atoms with Crippen LogP contribution in [0.5, 0.6) is 0 Å². The fourth-order valence-electron chi connectivity index (χ4n) is 2.72. The van der Waals surface area contributed by atoms with E-state index in [1.165, 1.54) is 16.9 Å². The number of rotatable bonds is 2. The van der Waals surface area contributed by atoms with Crippen LogP contribution in [0.15, 0.2) is 26.7 Å². The van der Waals surface area contributed by atoms with Crippen LogP contribution in [0, 0.1) is 0 Å². The Hall–Kier alpha value is -1.72. The lowest BCUT2D eigenvalue weighted by Crippen LogP contribution is -2.06. The Balaban J connectivity index is 1.80. The van der Waals surface area contributed by atoms with Crippen LogP contribution >= 0.6 is 22.7 Å². The average Bonchev–Trinajstić information content (AvgIpc) is 3.12. The summed E-state index contributed by atoms with van der Waals surface area (Å²) in [6.07, 6.45) is 8.09. The molecule has 0 spiro atoms. The van der Waals surface area contributed by atoms with Gasteiger partial charge in [-0.15, -0.1) is 22.7 Å². The van der Waals surface area contributed by atoms with Crippen molar-refractivity contribution in [3.05, 3.63) is 49.1 Å². The van der Waals surface area contributed by atoms with Crippen molar-refractivity contribution < 1.29 is 4.42 Å². The minimum atomic E-state index is -0.245. The number of hydrogen-bond acceptors (Lipinski definition) is 5. The second-order valence-electron chi connectivity index (χ2n) is 5.08. The SMILES string of the molecule is O=c1oc(/C=C\c2cccs2)nc2sc3c(c12)CCCC3. The third-order valence-electron chi connectivity index (χ3n) is 3.70. The number of nitrogens with zero attached hydrogens (tertiary/aromatic N) is 1. The molecule has 0 saturated carbocycles. The Morgan fingerprint density at radius 1 is 1.24 bits per heavy atom. The molecule has 1 aliphatic carbocycles. The van der Waals surface area contributed by atoms with Crippen molar-refractivity contribution in [1.82, 2.24) is 4.98 Å². The van der Waals surface area contributed by atoms with E-state index in [4.69, 9.17) is 4.42 Å². The van der Waals surface area contributed by atoms with Crippen LogP contribution in [0.2, 0.25) is 0 Å². The van der Waals surface area contributed by atoms with Crippen molar-refractivity contribution in [3.8, 4) is 0 Å². The molecule has 3 aromatic heterocycles. The summed E-state index contributed by atoms with van der Waals surface area (Å²) in [5.74, 6) is 0.388. The molecule has 0 aromatic carbocycles. The van der Waals surface area contributed by atoms with Gasteiger partial charge in [0.1, 0.15) is 10.2 Å². The van der Waals surface area contributed by atoms with Crippen molar-refractivity contribution in [2.24, 2.45) is 0 Å². The minimum Gasteiger partial charge on any atom is -0.404 e. The molecule has 0 amide bonds. The molecule has 0 radical (unpaired) electrons. The molecule has 0 fully saturated rings. The maximum Gasteiger partial charge on any atom is 0.348 e. The third kappa shape index (κ3) is 2.36. The fourth-order valence-corrected chi connectivity index (χ4v) is 4.59. The van der Waals surface area contributed by atoms with E-state index in [9.17, 15) is 4.79 Å². The zero-order chi connectivity index (χ0) is 14.2. The van der Waals surface area contributed by atoms with E-state index in [0.717, 1.165) is 29.0 Å². The van der Waals surface area contributed by atoms with Gasteiger partial charge in [0.05, 0.1) is 0 Å². The lowest BCUT2D eigenvalue weighted by molar-refractivity contribution is 0.490. The van der Waals surface area contributed by atoms with Gasteiger partial charge in [0.15, 0.2) is 0 Å². The van der Waals surface area contributed by atoms with E-state index >= 15 is 0 Å². The lowest BCUT2D eigenvalue weighted by atomic mass is 9.97. The van der Waals surface area contributed by atoms with Crippen LogP contribution in [0.4, 0.5) is 0 Å². The van der Waals surface area contributed by atoms with Crippen molar-refractivity contribution in [2.75, 3.05) is 0 Å². The summed E-state index contributed by atoms with van der Waals surface area (Å²) in [6, 6.07) is 4.01. The highest BCUT2D eigenvalue weighted by Gasteiger charge is 2.20. The maximum absolute atomic E-state index is 12.3. The molecule has 0 bridgehead atoms. The van der Waals surface area contributed by atoms with E-state index in [1.54, 1.807) is 28.7 Å². The molecule has 106 valence electrons. The summed E-state index contributed by atoms with van der Waals surface area (Å²) < 4.78 is 5.37. The summed E-state index contributed by atoms with van der Waals surface area (Å²) in [6.45, 7) is 0. The van der Waals surface area contributed by atoms with Crippen LogP contribution in [0.25, 0.3) is 22.4 Å². The predicted molar refractivity (Wildman–Crippen MR) is 88.0 cm³/mol. The van der Waals surface area contributed by atoms with Gasteiger partial charge < -0.3 is 4.42 Å². The van der Waals surface area contributed by atoms with E-state index < -0.39 is 0 Å². The molecule has 0 N–H and O–H groups in total. The van der Waals surface area contributed by atoms with Gasteiger partial charge in [-0.2, -0.15) is 0 Å². The molecular weight excluding hydrogens is 302 g/mol. The highest BCUT2D eigenvalue weighted by Crippen LogP contribution is 2.33. The first-order valence-corrected chi connectivity index (χ1v) is 8.68. The zero-order valence-electron chi connectivity index (χ0n) is 11.3. The van der Waals surface area contributed by atoms with E-state index in [0.29, 0.717) is 11.3 Å². The van der Waals surface area contributed by atoms with Crippen LogP contribution in [-0.2, 0) is 12.8 Å². The third-order valence-corrected chi connectivity index (χ3v) is 5.72. The number of aromatic nitrogens is 1. The Kier molecular flexibility index (Phi) is 3.24. The molecule has 3 aromatic rings. The Labute approximate surface area is 129 Å². The highest BCUT2D eigenvalue weighted by atomic mass is 32.1.